The van der Waals surface area contributed by atoms with Crippen LogP contribution in [0.2, 0.25) is 0 Å². The Bertz CT molecular complexity index is 935. The quantitative estimate of drug-likeness (QED) is 0.536. The van der Waals surface area contributed by atoms with E-state index >= 15 is 0 Å². The molecule has 1 fully saturated rings. The number of carbonyl (C=O) groups excluding carboxylic acids is 1. The molecule has 3 rings (SSSR count). The molecule has 0 aromatic heterocycles. The second-order valence-corrected chi connectivity index (χ2v) is 9.80. The van der Waals surface area contributed by atoms with Crippen LogP contribution in [0.5, 0.6) is 0 Å². The number of hydrogen-bond donors (Lipinski definition) is 2. The van der Waals surface area contributed by atoms with Crippen molar-refractivity contribution >= 4 is 27.3 Å². The Morgan fingerprint density at radius 3 is 2.29 bits per heavy atom. The van der Waals surface area contributed by atoms with Crippen LogP contribution in [0.1, 0.15) is 51.0 Å². The molecule has 1 aliphatic rings. The molecule has 1 amide bonds. The van der Waals surface area contributed by atoms with E-state index in [1.807, 2.05) is 6.92 Å². The topological polar surface area (TPSA) is 78.5 Å². The van der Waals surface area contributed by atoms with Gasteiger partial charge in [-0.2, -0.15) is 0 Å². The number of benzene rings is 2. The van der Waals surface area contributed by atoms with Gasteiger partial charge in [-0.15, -0.1) is 0 Å². The van der Waals surface area contributed by atoms with Crippen LogP contribution < -0.4 is 14.9 Å². The molecule has 0 saturated carbocycles. The number of aryl methyl sites for hydroxylation is 1. The first-order chi connectivity index (χ1) is 15.0. The summed E-state index contributed by atoms with van der Waals surface area (Å²) in [5.74, 6) is -0.0693. The molecule has 1 heterocycles. The maximum absolute atomic E-state index is 12.5. The number of piperidine rings is 1. The number of sulfonamides is 1. The van der Waals surface area contributed by atoms with Gasteiger partial charge in [-0.05, 0) is 80.5 Å². The number of rotatable bonds is 10. The Morgan fingerprint density at radius 2 is 1.65 bits per heavy atom. The van der Waals surface area contributed by atoms with Gasteiger partial charge in [-0.3, -0.25) is 4.79 Å². The summed E-state index contributed by atoms with van der Waals surface area (Å²) in [5.41, 5.74) is 3.09. The summed E-state index contributed by atoms with van der Waals surface area (Å²) in [6.45, 7) is 4.58. The first-order valence-corrected chi connectivity index (χ1v) is 12.7. The summed E-state index contributed by atoms with van der Waals surface area (Å²) < 4.78 is 27.7. The molecule has 2 aromatic rings. The standard InChI is InChI=1S/C24H33N3O3S/c1-2-7-24(28)26-21-11-15-23(16-12-21)31(29,30)25-17-6-8-20-9-13-22(14-10-20)27-18-4-3-5-19-27/h9-16,25H,2-8,17-19H2,1H3,(H,26,28). The minimum atomic E-state index is -3.56. The smallest absolute Gasteiger partial charge is 0.240 e. The molecular formula is C24H33N3O3S. The van der Waals surface area contributed by atoms with E-state index in [1.165, 1.54) is 42.6 Å². The fraction of sp³-hybridized carbons (Fsp3) is 0.458. The SMILES string of the molecule is CCCC(=O)Nc1ccc(S(=O)(=O)NCCCc2ccc(N3CCCCC3)cc2)cc1. The van der Waals surface area contributed by atoms with Crippen LogP contribution in [0.4, 0.5) is 11.4 Å². The van der Waals surface area contributed by atoms with Crippen LogP contribution in [-0.4, -0.2) is 34.0 Å². The van der Waals surface area contributed by atoms with Gasteiger partial charge in [0.1, 0.15) is 0 Å². The van der Waals surface area contributed by atoms with Crippen LogP contribution in [-0.2, 0) is 21.2 Å². The highest BCUT2D eigenvalue weighted by Crippen LogP contribution is 2.20. The lowest BCUT2D eigenvalue weighted by Crippen LogP contribution is -2.29. The van der Waals surface area contributed by atoms with Crippen molar-refractivity contribution in [1.29, 1.82) is 0 Å². The Kier molecular flexibility index (Phi) is 8.49. The minimum absolute atomic E-state index is 0.0693. The number of amides is 1. The molecule has 7 heteroatoms. The van der Waals surface area contributed by atoms with Gasteiger partial charge in [-0.25, -0.2) is 13.1 Å². The number of hydrogen-bond acceptors (Lipinski definition) is 4. The second kappa shape index (κ2) is 11.3. The highest BCUT2D eigenvalue weighted by Gasteiger charge is 2.14. The average molecular weight is 444 g/mol. The highest BCUT2D eigenvalue weighted by atomic mass is 32.2. The first-order valence-electron chi connectivity index (χ1n) is 11.2. The van der Waals surface area contributed by atoms with Gasteiger partial charge in [-0.1, -0.05) is 19.1 Å². The Morgan fingerprint density at radius 1 is 0.968 bits per heavy atom. The van der Waals surface area contributed by atoms with Crippen molar-refractivity contribution in [3.8, 4) is 0 Å². The minimum Gasteiger partial charge on any atom is -0.372 e. The molecular weight excluding hydrogens is 410 g/mol. The van der Waals surface area contributed by atoms with Crippen molar-refractivity contribution in [1.82, 2.24) is 4.72 Å². The van der Waals surface area contributed by atoms with Crippen LogP contribution in [0.15, 0.2) is 53.4 Å². The zero-order valence-corrected chi connectivity index (χ0v) is 19.1. The molecule has 31 heavy (non-hydrogen) atoms. The van der Waals surface area contributed by atoms with Crippen LogP contribution in [0.25, 0.3) is 0 Å². The van der Waals surface area contributed by atoms with E-state index < -0.39 is 10.0 Å². The van der Waals surface area contributed by atoms with Crippen molar-refractivity contribution in [2.24, 2.45) is 0 Å². The molecule has 0 spiro atoms. The summed E-state index contributed by atoms with van der Waals surface area (Å²) in [5, 5.41) is 2.76. The van der Waals surface area contributed by atoms with E-state index in [0.29, 0.717) is 18.7 Å². The summed E-state index contributed by atoms with van der Waals surface area (Å²) >= 11 is 0. The van der Waals surface area contributed by atoms with Crippen LogP contribution in [0.3, 0.4) is 0 Å². The number of nitrogens with one attached hydrogen (secondary N) is 2. The number of anilines is 2. The molecule has 0 aliphatic carbocycles. The fourth-order valence-electron chi connectivity index (χ4n) is 3.78. The van der Waals surface area contributed by atoms with Crippen molar-refractivity contribution in [2.75, 3.05) is 29.9 Å². The van der Waals surface area contributed by atoms with Gasteiger partial charge < -0.3 is 10.2 Å². The molecule has 2 N–H and O–H groups in total. The van der Waals surface area contributed by atoms with Gasteiger partial charge >= 0.3 is 0 Å². The molecule has 0 atom stereocenters. The third-order valence-corrected chi connectivity index (χ3v) is 6.99. The molecule has 1 aliphatic heterocycles. The lowest BCUT2D eigenvalue weighted by atomic mass is 10.1. The molecule has 168 valence electrons. The number of carbonyl (C=O) groups is 1. The van der Waals surface area contributed by atoms with Gasteiger partial charge in [0.2, 0.25) is 15.9 Å². The molecule has 0 bridgehead atoms. The van der Waals surface area contributed by atoms with E-state index in [4.69, 9.17) is 0 Å². The van der Waals surface area contributed by atoms with E-state index in [9.17, 15) is 13.2 Å². The molecule has 0 unspecified atom stereocenters. The third kappa shape index (κ3) is 7.08. The monoisotopic (exact) mass is 443 g/mol. The zero-order valence-electron chi connectivity index (χ0n) is 18.3. The first kappa shape index (κ1) is 23.3. The van der Waals surface area contributed by atoms with E-state index in [0.717, 1.165) is 32.4 Å². The Labute approximate surface area is 186 Å². The van der Waals surface area contributed by atoms with Gasteiger partial charge in [0.05, 0.1) is 4.90 Å². The van der Waals surface area contributed by atoms with Crippen molar-refractivity contribution in [3.05, 3.63) is 54.1 Å². The average Bonchev–Trinajstić information content (AvgIpc) is 2.78. The zero-order chi connectivity index (χ0) is 22.1. The van der Waals surface area contributed by atoms with Crippen LogP contribution in [0, 0.1) is 0 Å². The highest BCUT2D eigenvalue weighted by molar-refractivity contribution is 7.89. The van der Waals surface area contributed by atoms with Gasteiger partial charge in [0, 0.05) is 37.4 Å². The van der Waals surface area contributed by atoms with Crippen molar-refractivity contribution in [3.63, 3.8) is 0 Å². The van der Waals surface area contributed by atoms with E-state index in [2.05, 4.69) is 39.2 Å². The predicted molar refractivity (Wildman–Crippen MR) is 126 cm³/mol. The summed E-state index contributed by atoms with van der Waals surface area (Å²) in [4.78, 5) is 14.3. The molecule has 0 radical (unpaired) electrons. The van der Waals surface area contributed by atoms with Crippen molar-refractivity contribution in [2.45, 2.75) is 56.8 Å². The largest absolute Gasteiger partial charge is 0.372 e. The molecule has 1 saturated heterocycles. The maximum Gasteiger partial charge on any atom is 0.240 e. The Balaban J connectivity index is 1.44. The number of nitrogens with zero attached hydrogens (tertiary/aromatic N) is 1. The normalized spacial score (nSPS) is 14.4. The molecule has 2 aromatic carbocycles. The van der Waals surface area contributed by atoms with Crippen LogP contribution >= 0.6 is 0 Å². The summed E-state index contributed by atoms with van der Waals surface area (Å²) in [7, 11) is -3.56. The second-order valence-electron chi connectivity index (χ2n) is 8.04. The fourth-order valence-corrected chi connectivity index (χ4v) is 4.85. The third-order valence-electron chi connectivity index (χ3n) is 5.52. The van der Waals surface area contributed by atoms with Crippen molar-refractivity contribution < 1.29 is 13.2 Å². The van der Waals surface area contributed by atoms with E-state index in [-0.39, 0.29) is 10.8 Å². The maximum atomic E-state index is 12.5. The summed E-state index contributed by atoms with van der Waals surface area (Å²) in [6.07, 6.45) is 6.62. The van der Waals surface area contributed by atoms with E-state index in [1.54, 1.807) is 12.1 Å². The lowest BCUT2D eigenvalue weighted by molar-refractivity contribution is -0.116. The Hall–Kier alpha value is -2.38. The van der Waals surface area contributed by atoms with Gasteiger partial charge in [0.25, 0.3) is 0 Å². The molecule has 6 nitrogen and oxygen atoms in total. The summed E-state index contributed by atoms with van der Waals surface area (Å²) in [6, 6.07) is 14.9. The lowest BCUT2D eigenvalue weighted by Gasteiger charge is -2.28. The predicted octanol–water partition coefficient (Wildman–Crippen LogP) is 4.33. The van der Waals surface area contributed by atoms with Gasteiger partial charge in [0.15, 0.2) is 0 Å².